The SMILES string of the molecule is CCCN(CCC)C(=O)CN1CCC(CNC)C1. The van der Waals surface area contributed by atoms with E-state index < -0.39 is 0 Å². The highest BCUT2D eigenvalue weighted by Gasteiger charge is 2.24. The smallest absolute Gasteiger partial charge is 0.236 e. The first kappa shape index (κ1) is 15.4. The van der Waals surface area contributed by atoms with Crippen molar-refractivity contribution in [1.82, 2.24) is 15.1 Å². The second-order valence-electron chi connectivity index (χ2n) is 5.33. The summed E-state index contributed by atoms with van der Waals surface area (Å²) in [6.45, 7) is 9.89. The fourth-order valence-corrected chi connectivity index (χ4v) is 2.70. The van der Waals surface area contributed by atoms with Crippen LogP contribution < -0.4 is 5.32 Å². The van der Waals surface area contributed by atoms with Gasteiger partial charge in [0, 0.05) is 19.6 Å². The van der Waals surface area contributed by atoms with Crippen molar-refractivity contribution in [2.24, 2.45) is 5.92 Å². The Morgan fingerprint density at radius 3 is 2.56 bits per heavy atom. The Hall–Kier alpha value is -0.610. The molecule has 1 heterocycles. The maximum atomic E-state index is 12.2. The van der Waals surface area contributed by atoms with Crippen LogP contribution in [0.5, 0.6) is 0 Å². The van der Waals surface area contributed by atoms with E-state index in [4.69, 9.17) is 0 Å². The van der Waals surface area contributed by atoms with Crippen LogP contribution in [0.4, 0.5) is 0 Å². The molecule has 1 fully saturated rings. The average molecular weight is 255 g/mol. The number of hydrogen-bond acceptors (Lipinski definition) is 3. The molecule has 0 aliphatic carbocycles. The molecular formula is C14H29N3O. The molecule has 106 valence electrons. The highest BCUT2D eigenvalue weighted by molar-refractivity contribution is 5.78. The molecule has 0 aromatic rings. The minimum absolute atomic E-state index is 0.309. The molecule has 1 aliphatic heterocycles. The Balaban J connectivity index is 2.34. The first-order valence-corrected chi connectivity index (χ1v) is 7.35. The Labute approximate surface area is 112 Å². The number of nitrogens with one attached hydrogen (secondary N) is 1. The van der Waals surface area contributed by atoms with E-state index in [-0.39, 0.29) is 0 Å². The third-order valence-electron chi connectivity index (χ3n) is 3.56. The van der Waals surface area contributed by atoms with Crippen molar-refractivity contribution in [3.05, 3.63) is 0 Å². The predicted octanol–water partition coefficient (Wildman–Crippen LogP) is 1.18. The Kier molecular flexibility index (Phi) is 7.28. The minimum Gasteiger partial charge on any atom is -0.342 e. The van der Waals surface area contributed by atoms with E-state index in [0.717, 1.165) is 45.6 Å². The van der Waals surface area contributed by atoms with Crippen molar-refractivity contribution in [2.45, 2.75) is 33.1 Å². The molecule has 1 aliphatic rings. The highest BCUT2D eigenvalue weighted by atomic mass is 16.2. The Bertz CT molecular complexity index is 239. The third-order valence-corrected chi connectivity index (χ3v) is 3.56. The predicted molar refractivity (Wildman–Crippen MR) is 75.6 cm³/mol. The summed E-state index contributed by atoms with van der Waals surface area (Å²) in [5.74, 6) is 1.03. The largest absolute Gasteiger partial charge is 0.342 e. The fraction of sp³-hybridized carbons (Fsp3) is 0.929. The zero-order valence-electron chi connectivity index (χ0n) is 12.2. The summed E-state index contributed by atoms with van der Waals surface area (Å²) in [4.78, 5) is 16.5. The zero-order valence-corrected chi connectivity index (χ0v) is 12.2. The van der Waals surface area contributed by atoms with E-state index >= 15 is 0 Å². The van der Waals surface area contributed by atoms with Gasteiger partial charge in [0.05, 0.1) is 6.54 Å². The van der Waals surface area contributed by atoms with E-state index in [2.05, 4.69) is 24.1 Å². The molecule has 1 N–H and O–H groups in total. The molecular weight excluding hydrogens is 226 g/mol. The number of likely N-dealkylation sites (tertiary alicyclic amines) is 1. The van der Waals surface area contributed by atoms with Crippen LogP contribution in [0.2, 0.25) is 0 Å². The van der Waals surface area contributed by atoms with Crippen molar-refractivity contribution in [3.63, 3.8) is 0 Å². The van der Waals surface area contributed by atoms with Crippen LogP contribution in [0, 0.1) is 5.92 Å². The fourth-order valence-electron chi connectivity index (χ4n) is 2.70. The van der Waals surface area contributed by atoms with Gasteiger partial charge in [-0.15, -0.1) is 0 Å². The molecule has 0 spiro atoms. The van der Waals surface area contributed by atoms with Gasteiger partial charge in [-0.2, -0.15) is 0 Å². The summed E-state index contributed by atoms with van der Waals surface area (Å²) >= 11 is 0. The molecule has 4 nitrogen and oxygen atoms in total. The van der Waals surface area contributed by atoms with Gasteiger partial charge in [-0.25, -0.2) is 0 Å². The number of rotatable bonds is 8. The number of carbonyl (C=O) groups excluding carboxylic acids is 1. The van der Waals surface area contributed by atoms with Crippen LogP contribution in [-0.2, 0) is 4.79 Å². The summed E-state index contributed by atoms with van der Waals surface area (Å²) in [7, 11) is 2.00. The molecule has 18 heavy (non-hydrogen) atoms. The lowest BCUT2D eigenvalue weighted by atomic mass is 10.1. The molecule has 1 atom stereocenters. The van der Waals surface area contributed by atoms with Crippen molar-refractivity contribution in [2.75, 3.05) is 46.3 Å². The van der Waals surface area contributed by atoms with Gasteiger partial charge in [-0.05, 0) is 45.3 Å². The summed E-state index contributed by atoms with van der Waals surface area (Å²) in [5, 5.41) is 3.22. The molecule has 0 aromatic carbocycles. The monoisotopic (exact) mass is 255 g/mol. The van der Waals surface area contributed by atoms with Gasteiger partial charge in [-0.1, -0.05) is 13.8 Å². The topological polar surface area (TPSA) is 35.6 Å². The van der Waals surface area contributed by atoms with Crippen LogP contribution in [0.15, 0.2) is 0 Å². The Morgan fingerprint density at radius 1 is 1.33 bits per heavy atom. The highest BCUT2D eigenvalue weighted by Crippen LogP contribution is 2.15. The maximum absolute atomic E-state index is 12.2. The van der Waals surface area contributed by atoms with Crippen LogP contribution in [0.25, 0.3) is 0 Å². The molecule has 1 saturated heterocycles. The molecule has 1 unspecified atom stereocenters. The molecule has 1 rings (SSSR count). The van der Waals surface area contributed by atoms with Crippen molar-refractivity contribution >= 4 is 5.91 Å². The first-order valence-electron chi connectivity index (χ1n) is 7.35. The van der Waals surface area contributed by atoms with Gasteiger partial charge in [0.2, 0.25) is 5.91 Å². The molecule has 0 aromatic heterocycles. The van der Waals surface area contributed by atoms with Gasteiger partial charge in [0.25, 0.3) is 0 Å². The number of carbonyl (C=O) groups is 1. The van der Waals surface area contributed by atoms with Gasteiger partial charge in [0.1, 0.15) is 0 Å². The van der Waals surface area contributed by atoms with Crippen LogP contribution >= 0.6 is 0 Å². The number of hydrogen-bond donors (Lipinski definition) is 1. The van der Waals surface area contributed by atoms with Gasteiger partial charge >= 0.3 is 0 Å². The number of amides is 1. The van der Waals surface area contributed by atoms with Gasteiger partial charge < -0.3 is 10.2 Å². The quantitative estimate of drug-likeness (QED) is 0.707. The van der Waals surface area contributed by atoms with Crippen LogP contribution in [0.1, 0.15) is 33.1 Å². The zero-order chi connectivity index (χ0) is 13.4. The third kappa shape index (κ3) is 4.94. The maximum Gasteiger partial charge on any atom is 0.236 e. The molecule has 0 bridgehead atoms. The Morgan fingerprint density at radius 2 is 2.00 bits per heavy atom. The summed E-state index contributed by atoms with van der Waals surface area (Å²) < 4.78 is 0. The minimum atomic E-state index is 0.309. The average Bonchev–Trinajstić information content (AvgIpc) is 2.77. The standard InChI is InChI=1S/C14H29N3O/c1-4-7-17(8-5-2)14(18)12-16-9-6-13(11-16)10-15-3/h13,15H,4-12H2,1-3H3. The van der Waals surface area contributed by atoms with Crippen LogP contribution in [-0.4, -0.2) is 62.0 Å². The molecule has 0 radical (unpaired) electrons. The van der Waals surface area contributed by atoms with E-state index in [9.17, 15) is 4.79 Å². The normalized spacial score (nSPS) is 20.3. The lowest BCUT2D eigenvalue weighted by molar-refractivity contribution is -0.132. The van der Waals surface area contributed by atoms with Gasteiger partial charge in [-0.3, -0.25) is 9.69 Å². The van der Waals surface area contributed by atoms with E-state index in [1.165, 1.54) is 6.42 Å². The summed E-state index contributed by atoms with van der Waals surface area (Å²) in [5.41, 5.74) is 0. The first-order chi connectivity index (χ1) is 8.71. The lowest BCUT2D eigenvalue weighted by Gasteiger charge is -2.24. The van der Waals surface area contributed by atoms with Crippen molar-refractivity contribution in [1.29, 1.82) is 0 Å². The summed E-state index contributed by atoms with van der Waals surface area (Å²) in [6.07, 6.45) is 3.32. The van der Waals surface area contributed by atoms with Crippen LogP contribution in [0.3, 0.4) is 0 Å². The summed E-state index contributed by atoms with van der Waals surface area (Å²) in [6, 6.07) is 0. The van der Waals surface area contributed by atoms with E-state index in [1.54, 1.807) is 0 Å². The van der Waals surface area contributed by atoms with Gasteiger partial charge in [0.15, 0.2) is 0 Å². The molecule has 4 heteroatoms. The number of nitrogens with zero attached hydrogens (tertiary/aromatic N) is 2. The van der Waals surface area contributed by atoms with E-state index in [0.29, 0.717) is 18.4 Å². The second kappa shape index (κ2) is 8.48. The second-order valence-corrected chi connectivity index (χ2v) is 5.33. The molecule has 1 amide bonds. The van der Waals surface area contributed by atoms with Crippen molar-refractivity contribution < 1.29 is 4.79 Å². The van der Waals surface area contributed by atoms with Crippen molar-refractivity contribution in [3.8, 4) is 0 Å². The lowest BCUT2D eigenvalue weighted by Crippen LogP contribution is -2.40. The van der Waals surface area contributed by atoms with E-state index in [1.807, 2.05) is 11.9 Å². The molecule has 0 saturated carbocycles.